The van der Waals surface area contributed by atoms with Gasteiger partial charge in [-0.1, -0.05) is 182 Å². The standard InChI is InChI=1S/C62H42N2O/c1-5-13-43(14-6-1)47-21-31-53(32-22-47)63(54-33-23-48(24-34-54)44-15-7-2-8-16-44)55-35-25-49(26-36-55)50-27-37-56(38-28-50)64-59-40-30-51(45-17-9-3-10-18-45)41-58(59)62-61(64)57-39-29-52(42-60(57)65-62)46-19-11-4-12-20-46/h1-42H. The Kier molecular flexibility index (Phi) is 9.50. The van der Waals surface area contributed by atoms with Gasteiger partial charge < -0.3 is 13.9 Å². The molecule has 3 nitrogen and oxygen atoms in total. The number of aromatic nitrogens is 1. The second-order valence-corrected chi connectivity index (χ2v) is 16.5. The Balaban J connectivity index is 0.910. The number of rotatable bonds is 9. The molecule has 306 valence electrons. The molecule has 0 aliphatic rings. The van der Waals surface area contributed by atoms with Crippen LogP contribution in [0.15, 0.2) is 259 Å². The third kappa shape index (κ3) is 7.06. The summed E-state index contributed by atoms with van der Waals surface area (Å²) in [7, 11) is 0. The van der Waals surface area contributed by atoms with Crippen molar-refractivity contribution in [3.63, 3.8) is 0 Å². The van der Waals surface area contributed by atoms with Gasteiger partial charge >= 0.3 is 0 Å². The first-order valence-corrected chi connectivity index (χ1v) is 22.2. The molecule has 0 radical (unpaired) electrons. The highest BCUT2D eigenvalue weighted by molar-refractivity contribution is 6.17. The van der Waals surface area contributed by atoms with Crippen molar-refractivity contribution in [1.29, 1.82) is 0 Å². The molecule has 0 N–H and O–H groups in total. The molecule has 12 aromatic rings. The van der Waals surface area contributed by atoms with E-state index >= 15 is 0 Å². The van der Waals surface area contributed by atoms with E-state index in [1.807, 2.05) is 0 Å². The summed E-state index contributed by atoms with van der Waals surface area (Å²) in [4.78, 5) is 2.33. The van der Waals surface area contributed by atoms with Crippen LogP contribution in [0.5, 0.6) is 0 Å². The van der Waals surface area contributed by atoms with E-state index in [2.05, 4.69) is 264 Å². The second kappa shape index (κ2) is 16.2. The highest BCUT2D eigenvalue weighted by atomic mass is 16.3. The summed E-state index contributed by atoms with van der Waals surface area (Å²) in [6.45, 7) is 0. The molecule has 0 aliphatic heterocycles. The minimum Gasteiger partial charge on any atom is -0.454 e. The van der Waals surface area contributed by atoms with Crippen LogP contribution in [0.4, 0.5) is 17.1 Å². The van der Waals surface area contributed by atoms with Crippen molar-refractivity contribution < 1.29 is 4.42 Å². The van der Waals surface area contributed by atoms with E-state index in [1.165, 1.54) is 33.4 Å². The zero-order chi connectivity index (χ0) is 43.1. The quantitative estimate of drug-likeness (QED) is 0.144. The van der Waals surface area contributed by atoms with E-state index in [1.54, 1.807) is 0 Å². The van der Waals surface area contributed by atoms with Crippen LogP contribution in [-0.2, 0) is 0 Å². The lowest BCUT2D eigenvalue weighted by atomic mass is 10.0. The zero-order valence-corrected chi connectivity index (χ0v) is 35.6. The molecular formula is C62H42N2O. The molecule has 0 bridgehead atoms. The normalized spacial score (nSPS) is 11.4. The van der Waals surface area contributed by atoms with Crippen molar-refractivity contribution in [3.05, 3.63) is 255 Å². The Hall–Kier alpha value is -8.66. The largest absolute Gasteiger partial charge is 0.454 e. The minimum atomic E-state index is 0.877. The second-order valence-electron chi connectivity index (χ2n) is 16.5. The smallest absolute Gasteiger partial charge is 0.161 e. The summed E-state index contributed by atoms with van der Waals surface area (Å²) in [5.41, 5.74) is 20.0. The molecule has 0 saturated carbocycles. The first-order valence-electron chi connectivity index (χ1n) is 22.2. The lowest BCUT2D eigenvalue weighted by Gasteiger charge is -2.26. The number of hydrogen-bond acceptors (Lipinski definition) is 2. The van der Waals surface area contributed by atoms with Gasteiger partial charge in [0.15, 0.2) is 5.58 Å². The van der Waals surface area contributed by atoms with Crippen molar-refractivity contribution in [2.45, 2.75) is 0 Å². The first-order chi connectivity index (χ1) is 32.2. The van der Waals surface area contributed by atoms with Crippen LogP contribution in [0.3, 0.4) is 0 Å². The van der Waals surface area contributed by atoms with Gasteiger partial charge in [-0.3, -0.25) is 0 Å². The van der Waals surface area contributed by atoms with Crippen molar-refractivity contribution in [2.75, 3.05) is 4.90 Å². The fraction of sp³-hybridized carbons (Fsp3) is 0. The van der Waals surface area contributed by atoms with Crippen LogP contribution in [0, 0.1) is 0 Å². The molecule has 0 atom stereocenters. The SMILES string of the molecule is c1ccc(-c2ccc(N(c3ccc(-c4ccccc4)cc3)c3ccc(-c4ccc(-n5c6ccc(-c7ccccc7)cc6c6oc7cc(-c8ccccc8)ccc7c65)cc4)cc3)cc2)cc1. The van der Waals surface area contributed by atoms with E-state index in [9.17, 15) is 0 Å². The van der Waals surface area contributed by atoms with E-state index in [0.717, 1.165) is 78.0 Å². The maximum absolute atomic E-state index is 6.84. The fourth-order valence-electron chi connectivity index (χ4n) is 9.33. The minimum absolute atomic E-state index is 0.877. The molecule has 0 fully saturated rings. The first kappa shape index (κ1) is 38.0. The van der Waals surface area contributed by atoms with Gasteiger partial charge in [-0.05, 0) is 128 Å². The maximum atomic E-state index is 6.84. The molecule has 2 aromatic heterocycles. The molecule has 10 aromatic carbocycles. The van der Waals surface area contributed by atoms with Crippen molar-refractivity contribution >= 4 is 50.0 Å². The number of nitrogens with zero attached hydrogens (tertiary/aromatic N) is 2. The predicted octanol–water partition coefficient (Wildman–Crippen LogP) is 17.3. The van der Waals surface area contributed by atoms with Crippen LogP contribution in [0.2, 0.25) is 0 Å². The van der Waals surface area contributed by atoms with Gasteiger partial charge in [-0.2, -0.15) is 0 Å². The maximum Gasteiger partial charge on any atom is 0.161 e. The molecule has 0 saturated heterocycles. The Labute approximate surface area is 378 Å². The van der Waals surface area contributed by atoms with Crippen LogP contribution >= 0.6 is 0 Å². The fourth-order valence-corrected chi connectivity index (χ4v) is 9.33. The molecule has 65 heavy (non-hydrogen) atoms. The Morgan fingerprint density at radius 2 is 0.646 bits per heavy atom. The lowest BCUT2D eigenvalue weighted by Crippen LogP contribution is -2.09. The van der Waals surface area contributed by atoms with Crippen molar-refractivity contribution in [2.24, 2.45) is 0 Å². The number of fused-ring (bicyclic) bond motifs is 5. The van der Waals surface area contributed by atoms with Crippen molar-refractivity contribution in [1.82, 2.24) is 4.57 Å². The topological polar surface area (TPSA) is 21.3 Å². The lowest BCUT2D eigenvalue weighted by molar-refractivity contribution is 0.673. The molecule has 0 amide bonds. The monoisotopic (exact) mass is 830 g/mol. The van der Waals surface area contributed by atoms with E-state index < -0.39 is 0 Å². The van der Waals surface area contributed by atoms with Gasteiger partial charge in [0.25, 0.3) is 0 Å². The zero-order valence-electron chi connectivity index (χ0n) is 35.6. The average Bonchev–Trinajstić information content (AvgIpc) is 3.92. The third-order valence-electron chi connectivity index (χ3n) is 12.6. The van der Waals surface area contributed by atoms with Gasteiger partial charge in [-0.25, -0.2) is 0 Å². The third-order valence-corrected chi connectivity index (χ3v) is 12.6. The predicted molar refractivity (Wildman–Crippen MR) is 272 cm³/mol. The summed E-state index contributed by atoms with van der Waals surface area (Å²) in [6.07, 6.45) is 0. The molecule has 0 unspecified atom stereocenters. The van der Waals surface area contributed by atoms with Gasteiger partial charge in [0.1, 0.15) is 11.1 Å². The van der Waals surface area contributed by atoms with Gasteiger partial charge in [0.05, 0.1) is 5.52 Å². The molecular weight excluding hydrogens is 789 g/mol. The van der Waals surface area contributed by atoms with Gasteiger partial charge in [0.2, 0.25) is 0 Å². The Morgan fingerprint density at radius 1 is 0.292 bits per heavy atom. The molecule has 12 rings (SSSR count). The number of benzene rings is 10. The summed E-state index contributed by atoms with van der Waals surface area (Å²) < 4.78 is 9.20. The van der Waals surface area contributed by atoms with E-state index in [4.69, 9.17) is 4.42 Å². The van der Waals surface area contributed by atoms with Crippen LogP contribution in [-0.4, -0.2) is 4.57 Å². The average molecular weight is 831 g/mol. The van der Waals surface area contributed by atoms with Gasteiger partial charge in [-0.15, -0.1) is 0 Å². The Morgan fingerprint density at radius 3 is 1.09 bits per heavy atom. The van der Waals surface area contributed by atoms with Crippen LogP contribution in [0.1, 0.15) is 0 Å². The summed E-state index contributed by atoms with van der Waals surface area (Å²) >= 11 is 0. The highest BCUT2D eigenvalue weighted by Crippen LogP contribution is 2.42. The summed E-state index contributed by atoms with van der Waals surface area (Å²) in [5, 5.41) is 2.18. The highest BCUT2D eigenvalue weighted by Gasteiger charge is 2.21. The molecule has 3 heteroatoms. The number of furan rings is 1. The number of anilines is 3. The number of hydrogen-bond donors (Lipinski definition) is 0. The van der Waals surface area contributed by atoms with Crippen LogP contribution in [0.25, 0.3) is 94.3 Å². The summed E-state index contributed by atoms with van der Waals surface area (Å²) in [5.74, 6) is 0. The van der Waals surface area contributed by atoms with Gasteiger partial charge in [0, 0.05) is 33.5 Å². The van der Waals surface area contributed by atoms with E-state index in [0.29, 0.717) is 0 Å². The van der Waals surface area contributed by atoms with E-state index in [-0.39, 0.29) is 0 Å². The molecule has 2 heterocycles. The van der Waals surface area contributed by atoms with Crippen LogP contribution < -0.4 is 4.90 Å². The molecule has 0 spiro atoms. The molecule has 0 aliphatic carbocycles. The summed E-state index contributed by atoms with van der Waals surface area (Å²) in [6, 6.07) is 91.1. The Bertz CT molecular complexity index is 3490. The van der Waals surface area contributed by atoms with Crippen molar-refractivity contribution in [3.8, 4) is 61.3 Å².